The van der Waals surface area contributed by atoms with Crippen molar-refractivity contribution in [3.8, 4) is 0 Å². The van der Waals surface area contributed by atoms with Gasteiger partial charge in [-0.3, -0.25) is 0 Å². The van der Waals surface area contributed by atoms with Crippen molar-refractivity contribution < 1.29 is 27.1 Å². The number of ether oxygens (including phenoxy) is 1. The van der Waals surface area contributed by atoms with Crippen LogP contribution in [0.4, 0.5) is 23.2 Å². The summed E-state index contributed by atoms with van der Waals surface area (Å²) >= 11 is 0. The Morgan fingerprint density at radius 3 is 2.38 bits per heavy atom. The smallest absolute Gasteiger partial charge is 0.389 e. The molecule has 1 aromatic carbocycles. The topological polar surface area (TPSA) is 38.3 Å². The van der Waals surface area contributed by atoms with E-state index in [0.29, 0.717) is 0 Å². The number of esters is 1. The fourth-order valence-corrected chi connectivity index (χ4v) is 1.94. The van der Waals surface area contributed by atoms with Crippen LogP contribution >= 0.6 is 0 Å². The van der Waals surface area contributed by atoms with Gasteiger partial charge < -0.3 is 10.1 Å². The van der Waals surface area contributed by atoms with E-state index >= 15 is 0 Å². The number of hydrogen-bond donors (Lipinski definition) is 1. The van der Waals surface area contributed by atoms with Gasteiger partial charge in [-0.25, -0.2) is 9.18 Å². The Labute approximate surface area is 120 Å². The van der Waals surface area contributed by atoms with Gasteiger partial charge in [0.25, 0.3) is 0 Å². The van der Waals surface area contributed by atoms with Crippen LogP contribution in [-0.4, -0.2) is 24.8 Å². The molecule has 1 N–H and O–H groups in total. The largest absolute Gasteiger partial charge is 0.467 e. The lowest BCUT2D eigenvalue weighted by Crippen LogP contribution is -2.44. The number of carbonyl (C=O) groups is 1. The highest BCUT2D eigenvalue weighted by atomic mass is 19.4. The minimum absolute atomic E-state index is 0.0393. The molecule has 7 heteroatoms. The number of carbonyl (C=O) groups excluding carboxylic acids is 1. The molecule has 1 rings (SSSR count). The van der Waals surface area contributed by atoms with Gasteiger partial charge in [-0.05, 0) is 31.9 Å². The number of methoxy groups -OCH3 is 1. The van der Waals surface area contributed by atoms with E-state index < -0.39 is 29.9 Å². The van der Waals surface area contributed by atoms with Crippen LogP contribution in [-0.2, 0) is 9.53 Å². The van der Waals surface area contributed by atoms with E-state index in [1.54, 1.807) is 6.07 Å². The van der Waals surface area contributed by atoms with E-state index in [2.05, 4.69) is 10.1 Å². The number of halogens is 4. The molecule has 0 aliphatic carbocycles. The first kappa shape index (κ1) is 17.3. The molecule has 0 aliphatic rings. The van der Waals surface area contributed by atoms with Crippen LogP contribution in [0.25, 0.3) is 0 Å². The molecule has 21 heavy (non-hydrogen) atoms. The Bertz CT molecular complexity index is 490. The van der Waals surface area contributed by atoms with E-state index in [1.807, 2.05) is 0 Å². The molecule has 0 radical (unpaired) electrons. The van der Waals surface area contributed by atoms with Crippen LogP contribution in [0.15, 0.2) is 24.3 Å². The van der Waals surface area contributed by atoms with E-state index in [0.717, 1.165) is 7.11 Å². The van der Waals surface area contributed by atoms with Gasteiger partial charge in [-0.2, -0.15) is 13.2 Å². The molecule has 0 spiro atoms. The Morgan fingerprint density at radius 2 is 1.86 bits per heavy atom. The van der Waals surface area contributed by atoms with Crippen molar-refractivity contribution in [1.82, 2.24) is 0 Å². The van der Waals surface area contributed by atoms with Crippen LogP contribution in [0.3, 0.4) is 0 Å². The highest BCUT2D eigenvalue weighted by Crippen LogP contribution is 2.28. The molecular formula is C14H17F4NO2. The first-order valence-electron chi connectivity index (χ1n) is 6.36. The standard InChI is InChI=1S/C14H17F4NO2/c1-13(12(20)21-2,8-5-9-14(16,17)18)19-11-7-4-3-6-10(11)15/h3-4,6-7,19H,5,8-9H2,1-2H3. The molecule has 0 saturated carbocycles. The van der Waals surface area contributed by atoms with Crippen LogP contribution in [0.2, 0.25) is 0 Å². The zero-order chi connectivity index (χ0) is 16.1. The van der Waals surface area contributed by atoms with Gasteiger partial charge in [0.2, 0.25) is 0 Å². The lowest BCUT2D eigenvalue weighted by atomic mass is 9.94. The molecule has 0 amide bonds. The third-order valence-electron chi connectivity index (χ3n) is 3.06. The molecule has 118 valence electrons. The average Bonchev–Trinajstić information content (AvgIpc) is 2.39. The lowest BCUT2D eigenvalue weighted by Gasteiger charge is -2.29. The maximum atomic E-state index is 13.6. The zero-order valence-corrected chi connectivity index (χ0v) is 11.8. The van der Waals surface area contributed by atoms with E-state index in [4.69, 9.17) is 0 Å². The van der Waals surface area contributed by atoms with Crippen molar-refractivity contribution in [3.63, 3.8) is 0 Å². The van der Waals surface area contributed by atoms with Crippen LogP contribution in [0.5, 0.6) is 0 Å². The first-order chi connectivity index (χ1) is 9.68. The van der Waals surface area contributed by atoms with Crippen molar-refractivity contribution in [1.29, 1.82) is 0 Å². The summed E-state index contributed by atoms with van der Waals surface area (Å²) in [6.07, 6.45) is -5.71. The van der Waals surface area contributed by atoms with Gasteiger partial charge in [-0.1, -0.05) is 12.1 Å². The first-order valence-corrected chi connectivity index (χ1v) is 6.36. The molecule has 1 atom stereocenters. The SMILES string of the molecule is COC(=O)C(C)(CCCC(F)(F)F)Nc1ccccc1F. The predicted molar refractivity (Wildman–Crippen MR) is 70.3 cm³/mol. The summed E-state index contributed by atoms with van der Waals surface area (Å²) < 4.78 is 54.8. The highest BCUT2D eigenvalue weighted by molar-refractivity contribution is 5.84. The normalized spacial score (nSPS) is 14.4. The fourth-order valence-electron chi connectivity index (χ4n) is 1.94. The van der Waals surface area contributed by atoms with Crippen molar-refractivity contribution in [2.75, 3.05) is 12.4 Å². The average molecular weight is 307 g/mol. The number of benzene rings is 1. The molecule has 0 fully saturated rings. The van der Waals surface area contributed by atoms with Crippen molar-refractivity contribution in [2.24, 2.45) is 0 Å². The maximum Gasteiger partial charge on any atom is 0.389 e. The van der Waals surface area contributed by atoms with E-state index in [1.165, 1.54) is 25.1 Å². The second-order valence-electron chi connectivity index (χ2n) is 4.90. The van der Waals surface area contributed by atoms with Crippen molar-refractivity contribution in [3.05, 3.63) is 30.1 Å². The monoisotopic (exact) mass is 307 g/mol. The molecule has 1 aromatic rings. The van der Waals surface area contributed by atoms with Gasteiger partial charge in [0, 0.05) is 6.42 Å². The van der Waals surface area contributed by atoms with Gasteiger partial charge in [-0.15, -0.1) is 0 Å². The Kier molecular flexibility index (Phi) is 5.57. The summed E-state index contributed by atoms with van der Waals surface area (Å²) in [6.45, 7) is 1.39. The molecule has 0 saturated heterocycles. The molecular weight excluding hydrogens is 290 g/mol. The van der Waals surface area contributed by atoms with E-state index in [9.17, 15) is 22.4 Å². The van der Waals surface area contributed by atoms with Crippen LogP contribution in [0, 0.1) is 5.82 Å². The number of hydrogen-bond acceptors (Lipinski definition) is 3. The lowest BCUT2D eigenvalue weighted by molar-refractivity contribution is -0.148. The predicted octanol–water partition coefficient (Wildman–Crippen LogP) is 3.90. The number of nitrogens with one attached hydrogen (secondary N) is 1. The number of alkyl halides is 3. The van der Waals surface area contributed by atoms with Gasteiger partial charge in [0.1, 0.15) is 11.4 Å². The molecule has 3 nitrogen and oxygen atoms in total. The van der Waals surface area contributed by atoms with Gasteiger partial charge in [0.15, 0.2) is 0 Å². The minimum atomic E-state index is -4.30. The summed E-state index contributed by atoms with van der Waals surface area (Å²) in [7, 11) is 1.13. The Hall–Kier alpha value is -1.79. The number of rotatable bonds is 6. The molecule has 1 unspecified atom stereocenters. The number of anilines is 1. The maximum absolute atomic E-state index is 13.6. The summed E-state index contributed by atoms with van der Waals surface area (Å²) in [5, 5.41) is 2.64. The highest BCUT2D eigenvalue weighted by Gasteiger charge is 2.36. The molecule has 0 aliphatic heterocycles. The Morgan fingerprint density at radius 1 is 1.24 bits per heavy atom. The van der Waals surface area contributed by atoms with Gasteiger partial charge in [0.05, 0.1) is 12.8 Å². The summed E-state index contributed by atoms with van der Waals surface area (Å²) in [4.78, 5) is 11.8. The van der Waals surface area contributed by atoms with Crippen LogP contribution in [0.1, 0.15) is 26.2 Å². The zero-order valence-electron chi connectivity index (χ0n) is 11.8. The second kappa shape index (κ2) is 6.78. The minimum Gasteiger partial charge on any atom is -0.467 e. The summed E-state index contributed by atoms with van der Waals surface area (Å²) in [5.74, 6) is -1.34. The van der Waals surface area contributed by atoms with Gasteiger partial charge >= 0.3 is 12.1 Å². The van der Waals surface area contributed by atoms with Crippen LogP contribution < -0.4 is 5.32 Å². The molecule has 0 heterocycles. The molecule has 0 aromatic heterocycles. The van der Waals surface area contributed by atoms with Crippen molar-refractivity contribution >= 4 is 11.7 Å². The van der Waals surface area contributed by atoms with Crippen molar-refractivity contribution in [2.45, 2.75) is 37.9 Å². The molecule has 0 bridgehead atoms. The summed E-state index contributed by atoms with van der Waals surface area (Å²) in [5.41, 5.74) is -1.39. The quantitative estimate of drug-likeness (QED) is 0.640. The third-order valence-corrected chi connectivity index (χ3v) is 3.06. The second-order valence-corrected chi connectivity index (χ2v) is 4.90. The fraction of sp³-hybridized carbons (Fsp3) is 0.500. The number of para-hydroxylation sites is 1. The third kappa shape index (κ3) is 5.24. The summed E-state index contributed by atoms with van der Waals surface area (Å²) in [6, 6.07) is 5.62. The Balaban J connectivity index is 2.84. The van der Waals surface area contributed by atoms with E-state index in [-0.39, 0.29) is 18.5 Å².